The van der Waals surface area contributed by atoms with Crippen LogP contribution in [0.25, 0.3) is 0 Å². The Morgan fingerprint density at radius 3 is 3.25 bits per heavy atom. The Hall–Kier alpha value is -0.510. The highest BCUT2D eigenvalue weighted by Gasteiger charge is 1.85. The molecule has 0 bridgehead atoms. The van der Waals surface area contributed by atoms with Gasteiger partial charge in [-0.25, -0.2) is 0 Å². The third-order valence-electron chi connectivity index (χ3n) is 0.620. The van der Waals surface area contributed by atoms with E-state index in [0.717, 1.165) is 5.75 Å². The number of hydrogen-bond acceptors (Lipinski definition) is 3. The monoisotopic (exact) mass is 128 g/mol. The van der Waals surface area contributed by atoms with Gasteiger partial charge < -0.3 is 0 Å². The topological polar surface area (TPSA) is 30.7 Å². The first-order valence-electron chi connectivity index (χ1n) is 2.35. The predicted octanol–water partition coefficient (Wildman–Crippen LogP) is 0.594. The summed E-state index contributed by atoms with van der Waals surface area (Å²) in [5.41, 5.74) is 0. The molecule has 1 heterocycles. The van der Waals surface area contributed by atoms with Crippen molar-refractivity contribution in [3.05, 3.63) is 12.4 Å². The van der Waals surface area contributed by atoms with Gasteiger partial charge in [0, 0.05) is 5.75 Å². The van der Waals surface area contributed by atoms with Crippen molar-refractivity contribution in [2.45, 2.75) is 6.92 Å². The first-order chi connectivity index (χ1) is 3.93. The third-order valence-corrected chi connectivity index (χ3v) is 1.32. The van der Waals surface area contributed by atoms with Crippen LogP contribution in [0.5, 0.6) is 0 Å². The van der Waals surface area contributed by atoms with Crippen LogP contribution < -0.4 is 0 Å². The minimum absolute atomic E-state index is 1.01. The number of hydrogen-bond donors (Lipinski definition) is 0. The molecular weight excluding hydrogens is 122 g/mol. The third kappa shape index (κ3) is 1.23. The maximum Gasteiger partial charge on any atom is 0.136 e. The Balaban J connectivity index is 2.50. The normalized spacial score (nSPS) is 9.62. The molecule has 0 spiro atoms. The lowest BCUT2D eigenvalue weighted by Gasteiger charge is -1.89. The van der Waals surface area contributed by atoms with Crippen molar-refractivity contribution >= 4 is 11.9 Å². The summed E-state index contributed by atoms with van der Waals surface area (Å²) >= 11 is 1.59. The van der Waals surface area contributed by atoms with Crippen LogP contribution in [0.15, 0.2) is 6.20 Å². The van der Waals surface area contributed by atoms with Gasteiger partial charge in [-0.15, -0.1) is 5.10 Å². The molecule has 0 saturated heterocycles. The van der Waals surface area contributed by atoms with Crippen LogP contribution >= 0.6 is 11.9 Å². The van der Waals surface area contributed by atoms with Gasteiger partial charge in [0.2, 0.25) is 0 Å². The SMILES string of the molecule is CCSn1c[c]nn1. The summed E-state index contributed by atoms with van der Waals surface area (Å²) in [6.45, 7) is 2.06. The summed E-state index contributed by atoms with van der Waals surface area (Å²) in [7, 11) is 0. The fourth-order valence-corrected chi connectivity index (χ4v) is 0.841. The summed E-state index contributed by atoms with van der Waals surface area (Å²) in [6.07, 6.45) is 4.30. The van der Waals surface area contributed by atoms with Gasteiger partial charge >= 0.3 is 0 Å². The summed E-state index contributed by atoms with van der Waals surface area (Å²) in [5, 5.41) is 7.19. The Bertz CT molecular complexity index is 137. The summed E-state index contributed by atoms with van der Waals surface area (Å²) in [4.78, 5) is 0. The van der Waals surface area contributed by atoms with Crippen molar-refractivity contribution in [2.75, 3.05) is 5.75 Å². The zero-order valence-electron chi connectivity index (χ0n) is 4.53. The fourth-order valence-electron chi connectivity index (χ4n) is 0.366. The highest BCUT2D eigenvalue weighted by Crippen LogP contribution is 1.98. The molecule has 0 fully saturated rings. The van der Waals surface area contributed by atoms with Gasteiger partial charge in [-0.2, -0.15) is 4.09 Å². The minimum Gasteiger partial charge on any atom is -0.193 e. The molecule has 1 rings (SSSR count). The number of aromatic nitrogens is 3. The largest absolute Gasteiger partial charge is 0.193 e. The molecule has 0 aliphatic heterocycles. The van der Waals surface area contributed by atoms with Gasteiger partial charge in [-0.05, 0) is 11.9 Å². The lowest BCUT2D eigenvalue weighted by atomic mass is 11.0. The van der Waals surface area contributed by atoms with Crippen LogP contribution in [0.2, 0.25) is 0 Å². The first kappa shape index (κ1) is 5.62. The molecule has 0 atom stereocenters. The molecule has 8 heavy (non-hydrogen) atoms. The van der Waals surface area contributed by atoms with E-state index in [-0.39, 0.29) is 0 Å². The van der Waals surface area contributed by atoms with E-state index in [1.54, 1.807) is 22.2 Å². The van der Waals surface area contributed by atoms with Gasteiger partial charge in [-0.3, -0.25) is 0 Å². The standard InChI is InChI=1S/C4H6N3S/c1-2-8-7-4-3-5-6-7/h4H,2H2,1H3. The van der Waals surface area contributed by atoms with Crippen molar-refractivity contribution in [1.29, 1.82) is 0 Å². The van der Waals surface area contributed by atoms with Crippen molar-refractivity contribution in [1.82, 2.24) is 14.4 Å². The second-order valence-corrected chi connectivity index (χ2v) is 2.38. The lowest BCUT2D eigenvalue weighted by molar-refractivity contribution is 0.889. The quantitative estimate of drug-likeness (QED) is 0.584. The van der Waals surface area contributed by atoms with E-state index in [4.69, 9.17) is 0 Å². The molecule has 1 aromatic rings. The zero-order chi connectivity index (χ0) is 5.82. The van der Waals surface area contributed by atoms with Crippen LogP contribution in [-0.2, 0) is 0 Å². The van der Waals surface area contributed by atoms with Crippen LogP contribution in [0.3, 0.4) is 0 Å². The van der Waals surface area contributed by atoms with Crippen molar-refractivity contribution in [2.24, 2.45) is 0 Å². The van der Waals surface area contributed by atoms with E-state index in [0.29, 0.717) is 0 Å². The Kier molecular flexibility index (Phi) is 1.91. The minimum atomic E-state index is 1.01. The molecule has 0 aromatic carbocycles. The van der Waals surface area contributed by atoms with Crippen LogP contribution in [0, 0.1) is 6.20 Å². The highest BCUT2D eigenvalue weighted by atomic mass is 32.2. The Morgan fingerprint density at radius 2 is 2.75 bits per heavy atom. The molecule has 4 heteroatoms. The highest BCUT2D eigenvalue weighted by molar-refractivity contribution is 7.97. The van der Waals surface area contributed by atoms with Gasteiger partial charge in [0.05, 0.1) is 6.20 Å². The smallest absolute Gasteiger partial charge is 0.136 e. The van der Waals surface area contributed by atoms with Crippen molar-refractivity contribution in [3.63, 3.8) is 0 Å². The van der Waals surface area contributed by atoms with Crippen LogP contribution in [0.4, 0.5) is 0 Å². The molecule has 1 radical (unpaired) electrons. The van der Waals surface area contributed by atoms with E-state index < -0.39 is 0 Å². The molecule has 3 nitrogen and oxygen atoms in total. The number of rotatable bonds is 2. The van der Waals surface area contributed by atoms with Crippen LogP contribution in [-0.4, -0.2) is 20.2 Å². The molecule has 0 amide bonds. The van der Waals surface area contributed by atoms with E-state index in [1.165, 1.54) is 0 Å². The van der Waals surface area contributed by atoms with Crippen molar-refractivity contribution < 1.29 is 0 Å². The van der Waals surface area contributed by atoms with Gasteiger partial charge in [0.1, 0.15) is 6.20 Å². The van der Waals surface area contributed by atoms with E-state index in [1.807, 2.05) is 0 Å². The average Bonchev–Trinajstić information content (AvgIpc) is 2.19. The van der Waals surface area contributed by atoms with Gasteiger partial charge in [0.15, 0.2) is 0 Å². The molecule has 0 aliphatic carbocycles. The summed E-state index contributed by atoms with van der Waals surface area (Å²) in [6, 6.07) is 0. The molecule has 0 saturated carbocycles. The van der Waals surface area contributed by atoms with Gasteiger partial charge in [-0.1, -0.05) is 12.1 Å². The second kappa shape index (κ2) is 2.71. The fraction of sp³-hybridized carbons (Fsp3) is 0.500. The molecule has 0 aliphatic rings. The lowest BCUT2D eigenvalue weighted by Crippen LogP contribution is -1.86. The Labute approximate surface area is 52.2 Å². The summed E-state index contributed by atoms with van der Waals surface area (Å²) in [5.74, 6) is 1.01. The first-order valence-corrected chi connectivity index (χ1v) is 3.29. The molecule has 43 valence electrons. The predicted molar refractivity (Wildman–Crippen MR) is 32.4 cm³/mol. The maximum absolute atomic E-state index is 3.68. The van der Waals surface area contributed by atoms with Gasteiger partial charge in [0.25, 0.3) is 0 Å². The maximum atomic E-state index is 3.68. The number of nitrogens with zero attached hydrogens (tertiary/aromatic N) is 3. The molecule has 1 aromatic heterocycles. The van der Waals surface area contributed by atoms with E-state index in [9.17, 15) is 0 Å². The average molecular weight is 128 g/mol. The zero-order valence-corrected chi connectivity index (χ0v) is 5.35. The van der Waals surface area contributed by atoms with Crippen LogP contribution in [0.1, 0.15) is 6.92 Å². The molecule has 0 unspecified atom stereocenters. The molecule has 0 N–H and O–H groups in total. The Morgan fingerprint density at radius 1 is 1.88 bits per heavy atom. The molecular formula is C4H6N3S. The van der Waals surface area contributed by atoms with Crippen molar-refractivity contribution in [3.8, 4) is 0 Å². The second-order valence-electron chi connectivity index (χ2n) is 1.17. The van der Waals surface area contributed by atoms with E-state index >= 15 is 0 Å². The van der Waals surface area contributed by atoms with E-state index in [2.05, 4.69) is 23.4 Å². The summed E-state index contributed by atoms with van der Waals surface area (Å²) < 4.78 is 1.68.